The maximum atomic E-state index is 13.6. The van der Waals surface area contributed by atoms with Crippen LogP contribution in [0.3, 0.4) is 0 Å². The van der Waals surface area contributed by atoms with Crippen molar-refractivity contribution < 1.29 is 18.7 Å². The molecule has 3 rings (SSSR count). The monoisotopic (exact) mass is 301 g/mol. The van der Waals surface area contributed by atoms with Gasteiger partial charge in [-0.15, -0.1) is 0 Å². The average Bonchev–Trinajstić information content (AvgIpc) is 2.54. The summed E-state index contributed by atoms with van der Waals surface area (Å²) in [5.41, 5.74) is 1.41. The van der Waals surface area contributed by atoms with E-state index in [1.54, 1.807) is 6.07 Å². The molecule has 1 N–H and O–H groups in total. The minimum Gasteiger partial charge on any atom is -0.494 e. The van der Waals surface area contributed by atoms with Gasteiger partial charge in [-0.1, -0.05) is 18.2 Å². The minimum absolute atomic E-state index is 0.146. The summed E-state index contributed by atoms with van der Waals surface area (Å²) in [6.07, 6.45) is 0.612. The second kappa shape index (κ2) is 6.05. The Labute approximate surface area is 127 Å². The van der Waals surface area contributed by atoms with Gasteiger partial charge >= 0.3 is 0 Å². The van der Waals surface area contributed by atoms with Crippen LogP contribution < -0.4 is 14.8 Å². The topological polar surface area (TPSA) is 47.6 Å². The third-order valence-corrected chi connectivity index (χ3v) is 3.67. The summed E-state index contributed by atoms with van der Waals surface area (Å²) in [6.45, 7) is 0.321. The summed E-state index contributed by atoms with van der Waals surface area (Å²) in [5, 5.41) is 2.72. The predicted octanol–water partition coefficient (Wildman–Crippen LogP) is 3.02. The van der Waals surface area contributed by atoms with Crippen molar-refractivity contribution in [2.75, 3.05) is 19.0 Å². The molecule has 0 saturated carbocycles. The van der Waals surface area contributed by atoms with Gasteiger partial charge in [0, 0.05) is 11.8 Å². The van der Waals surface area contributed by atoms with Gasteiger partial charge in [-0.3, -0.25) is 4.79 Å². The molecule has 0 aromatic heterocycles. The molecule has 2 aromatic carbocycles. The molecule has 0 bridgehead atoms. The van der Waals surface area contributed by atoms with Crippen LogP contribution in [0.2, 0.25) is 0 Å². The van der Waals surface area contributed by atoms with Gasteiger partial charge in [0.05, 0.1) is 13.0 Å². The van der Waals surface area contributed by atoms with E-state index in [1.165, 1.54) is 19.2 Å². The van der Waals surface area contributed by atoms with Crippen LogP contribution in [0.15, 0.2) is 42.5 Å². The van der Waals surface area contributed by atoms with Gasteiger partial charge in [-0.2, -0.15) is 0 Å². The Morgan fingerprint density at radius 3 is 2.91 bits per heavy atom. The lowest BCUT2D eigenvalue weighted by Crippen LogP contribution is -2.32. The van der Waals surface area contributed by atoms with Crippen molar-refractivity contribution in [1.29, 1.82) is 0 Å². The van der Waals surface area contributed by atoms with E-state index in [2.05, 4.69) is 5.32 Å². The maximum Gasteiger partial charge on any atom is 0.231 e. The van der Waals surface area contributed by atoms with E-state index in [-0.39, 0.29) is 17.6 Å². The first-order valence-electron chi connectivity index (χ1n) is 7.02. The number of nitrogens with one attached hydrogen (secondary N) is 1. The normalized spacial score (nSPS) is 16.4. The van der Waals surface area contributed by atoms with Crippen molar-refractivity contribution in [2.45, 2.75) is 6.42 Å². The molecule has 1 amide bonds. The second-order valence-corrected chi connectivity index (χ2v) is 5.16. The van der Waals surface area contributed by atoms with Crippen LogP contribution in [-0.4, -0.2) is 19.6 Å². The maximum absolute atomic E-state index is 13.6. The second-order valence-electron chi connectivity index (χ2n) is 5.16. The molecule has 0 saturated heterocycles. The fourth-order valence-corrected chi connectivity index (χ4v) is 2.48. The van der Waals surface area contributed by atoms with E-state index in [4.69, 9.17) is 9.47 Å². The number of anilines is 1. The quantitative estimate of drug-likeness (QED) is 0.948. The molecule has 1 unspecified atom stereocenters. The Bertz CT molecular complexity index is 702. The van der Waals surface area contributed by atoms with E-state index in [9.17, 15) is 9.18 Å². The molecule has 1 aliphatic heterocycles. The molecule has 5 heteroatoms. The summed E-state index contributed by atoms with van der Waals surface area (Å²) in [5.74, 6) is -0.0142. The van der Waals surface area contributed by atoms with E-state index in [0.29, 0.717) is 18.7 Å². The summed E-state index contributed by atoms with van der Waals surface area (Å²) in [7, 11) is 1.40. The van der Waals surface area contributed by atoms with E-state index in [1.807, 2.05) is 24.3 Å². The molecular formula is C17H16FNO3. The number of hydrogen-bond donors (Lipinski definition) is 1. The Balaban J connectivity index is 1.69. The Hall–Kier alpha value is -2.56. The fraction of sp³-hybridized carbons (Fsp3) is 0.235. The molecule has 22 heavy (non-hydrogen) atoms. The van der Waals surface area contributed by atoms with Crippen LogP contribution in [0.4, 0.5) is 10.1 Å². The summed E-state index contributed by atoms with van der Waals surface area (Å²) >= 11 is 0. The number of halogens is 1. The van der Waals surface area contributed by atoms with Gasteiger partial charge in [0.25, 0.3) is 0 Å². The number of ether oxygens (including phenoxy) is 2. The molecule has 0 radical (unpaired) electrons. The van der Waals surface area contributed by atoms with E-state index >= 15 is 0 Å². The van der Waals surface area contributed by atoms with Gasteiger partial charge < -0.3 is 14.8 Å². The Morgan fingerprint density at radius 1 is 1.32 bits per heavy atom. The van der Waals surface area contributed by atoms with E-state index < -0.39 is 5.82 Å². The molecule has 1 heterocycles. The lowest BCUT2D eigenvalue weighted by atomic mass is 9.96. The number of para-hydroxylation sites is 1. The highest BCUT2D eigenvalue weighted by molar-refractivity contribution is 5.93. The van der Waals surface area contributed by atoms with Crippen LogP contribution in [0.25, 0.3) is 0 Å². The number of carbonyl (C=O) groups is 1. The number of benzene rings is 2. The zero-order valence-corrected chi connectivity index (χ0v) is 12.1. The van der Waals surface area contributed by atoms with Crippen molar-refractivity contribution >= 4 is 11.6 Å². The molecule has 1 atom stereocenters. The van der Waals surface area contributed by atoms with Crippen molar-refractivity contribution in [2.24, 2.45) is 5.92 Å². The van der Waals surface area contributed by atoms with Crippen molar-refractivity contribution in [1.82, 2.24) is 0 Å². The van der Waals surface area contributed by atoms with E-state index in [0.717, 1.165) is 11.3 Å². The summed E-state index contributed by atoms with van der Waals surface area (Å²) in [6, 6.07) is 12.0. The highest BCUT2D eigenvalue weighted by atomic mass is 19.1. The Kier molecular flexibility index (Phi) is 3.96. The molecule has 4 nitrogen and oxygen atoms in total. The first kappa shape index (κ1) is 14.4. The van der Waals surface area contributed by atoms with Gasteiger partial charge in [0.2, 0.25) is 5.91 Å². The molecule has 0 fully saturated rings. The molecule has 1 aliphatic rings. The fourth-order valence-electron chi connectivity index (χ4n) is 2.48. The van der Waals surface area contributed by atoms with Crippen LogP contribution in [0.5, 0.6) is 11.5 Å². The zero-order valence-electron chi connectivity index (χ0n) is 12.1. The number of fused-ring (bicyclic) bond motifs is 1. The lowest BCUT2D eigenvalue weighted by molar-refractivity contribution is -0.121. The summed E-state index contributed by atoms with van der Waals surface area (Å²) in [4.78, 5) is 12.3. The van der Waals surface area contributed by atoms with Gasteiger partial charge in [-0.25, -0.2) is 4.39 Å². The first-order chi connectivity index (χ1) is 10.7. The first-order valence-corrected chi connectivity index (χ1v) is 7.02. The van der Waals surface area contributed by atoms with Gasteiger partial charge in [0.1, 0.15) is 12.4 Å². The van der Waals surface area contributed by atoms with Crippen molar-refractivity contribution in [3.05, 3.63) is 53.8 Å². The number of carbonyl (C=O) groups excluding carboxylic acids is 1. The minimum atomic E-state index is -0.509. The molecule has 0 spiro atoms. The standard InChI is InChI=1S/C17H16FNO3/c1-21-16-7-6-13(9-14(16)18)19-17(20)12-8-11-4-2-3-5-15(11)22-10-12/h2-7,9,12H,8,10H2,1H3,(H,19,20). The highest BCUT2D eigenvalue weighted by Crippen LogP contribution is 2.28. The van der Waals surface area contributed by atoms with Gasteiger partial charge in [-0.05, 0) is 30.2 Å². The number of hydrogen-bond acceptors (Lipinski definition) is 3. The van der Waals surface area contributed by atoms with Crippen LogP contribution >= 0.6 is 0 Å². The lowest BCUT2D eigenvalue weighted by Gasteiger charge is -2.24. The number of methoxy groups -OCH3 is 1. The third-order valence-electron chi connectivity index (χ3n) is 3.67. The molecule has 0 aliphatic carbocycles. The molecular weight excluding hydrogens is 285 g/mol. The molecule has 114 valence electrons. The molecule has 2 aromatic rings. The zero-order chi connectivity index (χ0) is 15.5. The largest absolute Gasteiger partial charge is 0.494 e. The number of rotatable bonds is 3. The average molecular weight is 301 g/mol. The van der Waals surface area contributed by atoms with Crippen molar-refractivity contribution in [3.63, 3.8) is 0 Å². The van der Waals surface area contributed by atoms with Gasteiger partial charge in [0.15, 0.2) is 11.6 Å². The summed E-state index contributed by atoms with van der Waals surface area (Å²) < 4.78 is 24.1. The van der Waals surface area contributed by atoms with Crippen LogP contribution in [0, 0.1) is 11.7 Å². The SMILES string of the molecule is COc1ccc(NC(=O)C2COc3ccccc3C2)cc1F. The highest BCUT2D eigenvalue weighted by Gasteiger charge is 2.25. The van der Waals surface area contributed by atoms with Crippen molar-refractivity contribution in [3.8, 4) is 11.5 Å². The number of amides is 1. The smallest absolute Gasteiger partial charge is 0.231 e. The Morgan fingerprint density at radius 2 is 2.14 bits per heavy atom. The third kappa shape index (κ3) is 2.88. The van der Waals surface area contributed by atoms with Crippen LogP contribution in [0.1, 0.15) is 5.56 Å². The predicted molar refractivity (Wildman–Crippen MR) is 80.7 cm³/mol. The van der Waals surface area contributed by atoms with Crippen LogP contribution in [-0.2, 0) is 11.2 Å².